The predicted octanol–water partition coefficient (Wildman–Crippen LogP) is -0.898. The van der Waals surface area contributed by atoms with Crippen LogP contribution in [0.4, 0.5) is 0 Å². The van der Waals surface area contributed by atoms with Crippen molar-refractivity contribution in [2.45, 2.75) is 18.9 Å². The van der Waals surface area contributed by atoms with Gasteiger partial charge in [-0.05, 0) is 33.0 Å². The van der Waals surface area contributed by atoms with Crippen LogP contribution in [0.25, 0.3) is 0 Å². The van der Waals surface area contributed by atoms with Crippen molar-refractivity contribution < 1.29 is 4.79 Å². The first-order chi connectivity index (χ1) is 8.24. The van der Waals surface area contributed by atoms with E-state index in [1.807, 2.05) is 0 Å². The highest BCUT2D eigenvalue weighted by molar-refractivity contribution is 5.78. The average molecular weight is 240 g/mol. The number of piperidine rings is 1. The molecule has 2 heterocycles. The second-order valence-corrected chi connectivity index (χ2v) is 5.17. The van der Waals surface area contributed by atoms with E-state index in [9.17, 15) is 4.79 Å². The van der Waals surface area contributed by atoms with Crippen LogP contribution in [0.3, 0.4) is 0 Å². The van der Waals surface area contributed by atoms with Crippen LogP contribution in [0.2, 0.25) is 0 Å². The molecule has 0 bridgehead atoms. The van der Waals surface area contributed by atoms with Gasteiger partial charge in [-0.15, -0.1) is 0 Å². The van der Waals surface area contributed by atoms with Crippen LogP contribution in [0.15, 0.2) is 0 Å². The molecule has 2 rings (SSSR count). The Morgan fingerprint density at radius 3 is 2.53 bits per heavy atom. The third-order valence-electron chi connectivity index (χ3n) is 3.66. The van der Waals surface area contributed by atoms with Gasteiger partial charge in [0, 0.05) is 32.2 Å². The molecule has 0 aromatic heterocycles. The van der Waals surface area contributed by atoms with Gasteiger partial charge in [0.15, 0.2) is 0 Å². The van der Waals surface area contributed by atoms with Crippen LogP contribution in [-0.4, -0.2) is 74.6 Å². The molecule has 0 aromatic carbocycles. The van der Waals surface area contributed by atoms with E-state index in [1.54, 1.807) is 0 Å². The molecule has 0 saturated carbocycles. The summed E-state index contributed by atoms with van der Waals surface area (Å²) in [6, 6.07) is 0.390. The van der Waals surface area contributed by atoms with Crippen molar-refractivity contribution in [2.24, 2.45) is 0 Å². The van der Waals surface area contributed by atoms with E-state index in [0.29, 0.717) is 12.6 Å². The second-order valence-electron chi connectivity index (χ2n) is 5.17. The minimum Gasteiger partial charge on any atom is -0.352 e. The van der Waals surface area contributed by atoms with Crippen LogP contribution in [0.1, 0.15) is 12.8 Å². The number of hydrogen-bond acceptors (Lipinski definition) is 4. The van der Waals surface area contributed by atoms with Crippen LogP contribution in [0, 0.1) is 0 Å². The van der Waals surface area contributed by atoms with E-state index in [0.717, 1.165) is 52.1 Å². The lowest BCUT2D eigenvalue weighted by molar-refractivity contribution is -0.123. The highest BCUT2D eigenvalue weighted by atomic mass is 16.2. The lowest BCUT2D eigenvalue weighted by atomic mass is 10.1. The van der Waals surface area contributed by atoms with Gasteiger partial charge in [0.05, 0.1) is 6.54 Å². The summed E-state index contributed by atoms with van der Waals surface area (Å²) in [7, 11) is 2.14. The van der Waals surface area contributed by atoms with E-state index in [4.69, 9.17) is 0 Å². The summed E-state index contributed by atoms with van der Waals surface area (Å²) in [5.74, 6) is 0.196. The average Bonchev–Trinajstić information content (AvgIpc) is 2.33. The maximum atomic E-state index is 11.9. The summed E-state index contributed by atoms with van der Waals surface area (Å²) < 4.78 is 0. The summed E-state index contributed by atoms with van der Waals surface area (Å²) in [5.41, 5.74) is 0. The molecule has 2 fully saturated rings. The van der Waals surface area contributed by atoms with Crippen LogP contribution >= 0.6 is 0 Å². The molecule has 2 saturated heterocycles. The fraction of sp³-hybridized carbons (Fsp3) is 0.917. The largest absolute Gasteiger partial charge is 0.352 e. The number of hydrogen-bond donors (Lipinski definition) is 2. The summed E-state index contributed by atoms with van der Waals surface area (Å²) in [4.78, 5) is 16.4. The molecule has 17 heavy (non-hydrogen) atoms. The zero-order valence-corrected chi connectivity index (χ0v) is 10.7. The number of piperazine rings is 1. The third-order valence-corrected chi connectivity index (χ3v) is 3.66. The fourth-order valence-electron chi connectivity index (χ4n) is 2.50. The third kappa shape index (κ3) is 4.26. The molecule has 2 N–H and O–H groups in total. The maximum Gasteiger partial charge on any atom is 0.234 e. The Hall–Kier alpha value is -0.650. The van der Waals surface area contributed by atoms with Crippen LogP contribution < -0.4 is 10.6 Å². The Morgan fingerprint density at radius 2 is 1.88 bits per heavy atom. The van der Waals surface area contributed by atoms with E-state index in [1.165, 1.54) is 0 Å². The van der Waals surface area contributed by atoms with Gasteiger partial charge in [0.25, 0.3) is 0 Å². The van der Waals surface area contributed by atoms with Gasteiger partial charge in [-0.25, -0.2) is 0 Å². The standard InChI is InChI=1S/C12H24N4O/c1-15-6-2-11(3-7-15)14-12(17)10-16-8-4-13-5-9-16/h11,13H,2-10H2,1H3,(H,14,17). The van der Waals surface area contributed by atoms with Gasteiger partial charge in [-0.1, -0.05) is 0 Å². The number of carbonyl (C=O) groups is 1. The molecule has 5 heteroatoms. The molecule has 0 atom stereocenters. The van der Waals surface area contributed by atoms with E-state index < -0.39 is 0 Å². The van der Waals surface area contributed by atoms with Gasteiger partial charge in [-0.3, -0.25) is 9.69 Å². The van der Waals surface area contributed by atoms with Crippen LogP contribution in [-0.2, 0) is 4.79 Å². The summed E-state index contributed by atoms with van der Waals surface area (Å²) in [5, 5.41) is 6.45. The zero-order valence-electron chi connectivity index (χ0n) is 10.7. The summed E-state index contributed by atoms with van der Waals surface area (Å²) in [6.45, 7) is 6.73. The Morgan fingerprint density at radius 1 is 1.24 bits per heavy atom. The van der Waals surface area contributed by atoms with Crippen molar-refractivity contribution in [1.82, 2.24) is 20.4 Å². The lowest BCUT2D eigenvalue weighted by Crippen LogP contribution is -2.50. The first-order valence-corrected chi connectivity index (χ1v) is 6.65. The Balaban J connectivity index is 1.66. The molecule has 2 aliphatic rings. The van der Waals surface area contributed by atoms with Gasteiger partial charge in [0.1, 0.15) is 0 Å². The fourth-order valence-corrected chi connectivity index (χ4v) is 2.50. The molecular formula is C12H24N4O. The van der Waals surface area contributed by atoms with E-state index in [2.05, 4.69) is 27.5 Å². The van der Waals surface area contributed by atoms with Gasteiger partial charge < -0.3 is 15.5 Å². The van der Waals surface area contributed by atoms with Crippen LogP contribution in [0.5, 0.6) is 0 Å². The molecule has 0 radical (unpaired) electrons. The molecule has 5 nitrogen and oxygen atoms in total. The number of nitrogens with one attached hydrogen (secondary N) is 2. The van der Waals surface area contributed by atoms with Gasteiger partial charge in [-0.2, -0.15) is 0 Å². The van der Waals surface area contributed by atoms with Crippen molar-refractivity contribution in [1.29, 1.82) is 0 Å². The lowest BCUT2D eigenvalue weighted by Gasteiger charge is -2.31. The quantitative estimate of drug-likeness (QED) is 0.671. The molecule has 2 aliphatic heterocycles. The molecule has 0 aromatic rings. The maximum absolute atomic E-state index is 11.9. The van der Waals surface area contributed by atoms with Crippen molar-refractivity contribution in [3.63, 3.8) is 0 Å². The van der Waals surface area contributed by atoms with E-state index in [-0.39, 0.29) is 5.91 Å². The number of likely N-dealkylation sites (tertiary alicyclic amines) is 1. The van der Waals surface area contributed by atoms with Gasteiger partial charge in [0.2, 0.25) is 5.91 Å². The number of carbonyl (C=O) groups excluding carboxylic acids is 1. The highest BCUT2D eigenvalue weighted by Crippen LogP contribution is 2.07. The van der Waals surface area contributed by atoms with Crippen molar-refractivity contribution in [3.8, 4) is 0 Å². The first kappa shape index (κ1) is 12.8. The zero-order chi connectivity index (χ0) is 12.1. The molecule has 98 valence electrons. The summed E-state index contributed by atoms with van der Waals surface area (Å²) in [6.07, 6.45) is 2.17. The van der Waals surface area contributed by atoms with Gasteiger partial charge >= 0.3 is 0 Å². The number of rotatable bonds is 3. The molecule has 0 aliphatic carbocycles. The van der Waals surface area contributed by atoms with Crippen molar-refractivity contribution >= 4 is 5.91 Å². The number of amides is 1. The minimum absolute atomic E-state index is 0.196. The second kappa shape index (κ2) is 6.33. The van der Waals surface area contributed by atoms with E-state index >= 15 is 0 Å². The monoisotopic (exact) mass is 240 g/mol. The van der Waals surface area contributed by atoms with Crippen molar-refractivity contribution in [2.75, 3.05) is 52.9 Å². The molecule has 1 amide bonds. The summed E-state index contributed by atoms with van der Waals surface area (Å²) >= 11 is 0. The molecule has 0 spiro atoms. The molecular weight excluding hydrogens is 216 g/mol. The normalized spacial score (nSPS) is 24.8. The first-order valence-electron chi connectivity index (χ1n) is 6.65. The molecule has 0 unspecified atom stereocenters. The smallest absolute Gasteiger partial charge is 0.234 e. The Labute approximate surface area is 104 Å². The minimum atomic E-state index is 0.196. The SMILES string of the molecule is CN1CCC(NC(=O)CN2CCNCC2)CC1. The Kier molecular flexibility index (Phi) is 4.76. The predicted molar refractivity (Wildman–Crippen MR) is 68.0 cm³/mol. The van der Waals surface area contributed by atoms with Crippen molar-refractivity contribution in [3.05, 3.63) is 0 Å². The highest BCUT2D eigenvalue weighted by Gasteiger charge is 2.20. The number of nitrogens with zero attached hydrogens (tertiary/aromatic N) is 2. The Bertz CT molecular complexity index is 245. The topological polar surface area (TPSA) is 47.6 Å².